The third kappa shape index (κ3) is 3.74. The lowest BCUT2D eigenvalue weighted by Gasteiger charge is -2.28. The highest BCUT2D eigenvalue weighted by Gasteiger charge is 2.22. The van der Waals surface area contributed by atoms with Gasteiger partial charge in [0.2, 0.25) is 0 Å². The van der Waals surface area contributed by atoms with Crippen LogP contribution in [0.25, 0.3) is 0 Å². The van der Waals surface area contributed by atoms with Crippen molar-refractivity contribution < 1.29 is 4.92 Å². The van der Waals surface area contributed by atoms with Crippen molar-refractivity contribution in [3.8, 4) is 0 Å². The van der Waals surface area contributed by atoms with Crippen molar-refractivity contribution in [1.82, 2.24) is 0 Å². The van der Waals surface area contributed by atoms with E-state index in [2.05, 4.69) is 0 Å². The first-order valence-corrected chi connectivity index (χ1v) is 8.06. The summed E-state index contributed by atoms with van der Waals surface area (Å²) in [7, 11) is 0. The minimum atomic E-state index is -0.338. The number of halogens is 1. The fraction of sp³-hybridized carbons (Fsp3) is 0.333. The monoisotopic (exact) mass is 324 g/mol. The summed E-state index contributed by atoms with van der Waals surface area (Å²) in [6.07, 6.45) is 0. The SMILES string of the molecule is CC(C)N(Cc1cccs1)c1ccc(CCl)cc1[N+](=O)[O-]. The molecule has 21 heavy (non-hydrogen) atoms. The molecule has 0 atom stereocenters. The van der Waals surface area contributed by atoms with Gasteiger partial charge in [0.1, 0.15) is 5.69 Å². The molecular formula is C15H17ClN2O2S. The molecule has 1 aromatic carbocycles. The van der Waals surface area contributed by atoms with Crippen molar-refractivity contribution in [3.63, 3.8) is 0 Å². The summed E-state index contributed by atoms with van der Waals surface area (Å²) in [6, 6.07) is 9.39. The Morgan fingerprint density at radius 2 is 2.14 bits per heavy atom. The zero-order valence-corrected chi connectivity index (χ0v) is 13.5. The first-order valence-electron chi connectivity index (χ1n) is 6.65. The fourth-order valence-electron chi connectivity index (χ4n) is 2.16. The molecule has 0 saturated heterocycles. The third-order valence-corrected chi connectivity index (χ3v) is 4.40. The molecular weight excluding hydrogens is 308 g/mol. The van der Waals surface area contributed by atoms with Crippen LogP contribution in [-0.2, 0) is 12.4 Å². The average molecular weight is 325 g/mol. The number of thiophene rings is 1. The quantitative estimate of drug-likeness (QED) is 0.435. The Morgan fingerprint density at radius 3 is 2.67 bits per heavy atom. The zero-order valence-electron chi connectivity index (χ0n) is 12.0. The Balaban J connectivity index is 2.42. The maximum atomic E-state index is 11.4. The zero-order chi connectivity index (χ0) is 15.4. The van der Waals surface area contributed by atoms with Crippen LogP contribution in [0.4, 0.5) is 11.4 Å². The van der Waals surface area contributed by atoms with E-state index in [-0.39, 0.29) is 22.5 Å². The van der Waals surface area contributed by atoms with E-state index in [0.717, 1.165) is 5.56 Å². The molecule has 0 aliphatic heterocycles. The van der Waals surface area contributed by atoms with Crippen LogP contribution in [0.3, 0.4) is 0 Å². The van der Waals surface area contributed by atoms with Crippen molar-refractivity contribution in [3.05, 3.63) is 56.3 Å². The van der Waals surface area contributed by atoms with E-state index in [9.17, 15) is 10.1 Å². The number of hydrogen-bond acceptors (Lipinski definition) is 4. The van der Waals surface area contributed by atoms with Crippen LogP contribution in [0.5, 0.6) is 0 Å². The number of alkyl halides is 1. The molecule has 2 rings (SSSR count). The molecule has 1 aromatic heterocycles. The van der Waals surface area contributed by atoms with Gasteiger partial charge in [0.25, 0.3) is 5.69 Å². The molecule has 4 nitrogen and oxygen atoms in total. The summed E-state index contributed by atoms with van der Waals surface area (Å²) in [5.74, 6) is 0.272. The predicted molar refractivity (Wildman–Crippen MR) is 88.3 cm³/mol. The van der Waals surface area contributed by atoms with E-state index < -0.39 is 0 Å². The van der Waals surface area contributed by atoms with Crippen LogP contribution in [0.2, 0.25) is 0 Å². The molecule has 0 spiro atoms. The average Bonchev–Trinajstić information content (AvgIpc) is 2.97. The molecule has 0 saturated carbocycles. The molecule has 0 radical (unpaired) electrons. The van der Waals surface area contributed by atoms with Gasteiger partial charge in [-0.2, -0.15) is 0 Å². The van der Waals surface area contributed by atoms with E-state index in [1.54, 1.807) is 23.5 Å². The van der Waals surface area contributed by atoms with Crippen molar-refractivity contribution in [2.24, 2.45) is 0 Å². The molecule has 0 bridgehead atoms. The van der Waals surface area contributed by atoms with Crippen LogP contribution in [0.15, 0.2) is 35.7 Å². The van der Waals surface area contributed by atoms with Crippen molar-refractivity contribution >= 4 is 34.3 Å². The van der Waals surface area contributed by atoms with Gasteiger partial charge < -0.3 is 4.90 Å². The minimum absolute atomic E-state index is 0.110. The largest absolute Gasteiger partial charge is 0.358 e. The normalized spacial score (nSPS) is 10.9. The maximum Gasteiger partial charge on any atom is 0.292 e. The van der Waals surface area contributed by atoms with Gasteiger partial charge in [-0.1, -0.05) is 12.1 Å². The Kier molecular flexibility index (Phi) is 5.20. The highest BCUT2D eigenvalue weighted by molar-refractivity contribution is 7.09. The topological polar surface area (TPSA) is 46.4 Å². The van der Waals surface area contributed by atoms with Gasteiger partial charge in [-0.25, -0.2) is 0 Å². The number of hydrogen-bond donors (Lipinski definition) is 0. The van der Waals surface area contributed by atoms with Gasteiger partial charge in [0.15, 0.2) is 0 Å². The smallest absolute Gasteiger partial charge is 0.292 e. The summed E-state index contributed by atoms with van der Waals surface area (Å²) in [4.78, 5) is 14.2. The lowest BCUT2D eigenvalue weighted by atomic mass is 10.1. The van der Waals surface area contributed by atoms with Crippen LogP contribution < -0.4 is 4.90 Å². The van der Waals surface area contributed by atoms with E-state index >= 15 is 0 Å². The highest BCUT2D eigenvalue weighted by atomic mass is 35.5. The van der Waals surface area contributed by atoms with Crippen LogP contribution in [0.1, 0.15) is 24.3 Å². The molecule has 2 aromatic rings. The van der Waals surface area contributed by atoms with Crippen molar-refractivity contribution in [2.75, 3.05) is 4.90 Å². The Labute approximate surface area is 133 Å². The molecule has 0 aliphatic rings. The number of nitro groups is 1. The molecule has 0 amide bonds. The summed E-state index contributed by atoms with van der Waals surface area (Å²) < 4.78 is 0. The van der Waals surface area contributed by atoms with E-state index in [1.807, 2.05) is 42.3 Å². The number of nitro benzene ring substituents is 1. The van der Waals surface area contributed by atoms with Crippen LogP contribution >= 0.6 is 22.9 Å². The summed E-state index contributed by atoms with van der Waals surface area (Å²) in [5, 5.41) is 13.4. The second kappa shape index (κ2) is 6.91. The van der Waals surface area contributed by atoms with E-state index in [1.165, 1.54) is 4.88 Å². The molecule has 6 heteroatoms. The van der Waals surface area contributed by atoms with Crippen LogP contribution in [-0.4, -0.2) is 11.0 Å². The van der Waals surface area contributed by atoms with E-state index in [4.69, 9.17) is 11.6 Å². The van der Waals surface area contributed by atoms with Gasteiger partial charge >= 0.3 is 0 Å². The molecule has 0 N–H and O–H groups in total. The molecule has 0 aliphatic carbocycles. The second-order valence-electron chi connectivity index (χ2n) is 5.01. The number of benzene rings is 1. The van der Waals surface area contributed by atoms with E-state index in [0.29, 0.717) is 12.2 Å². The Hall–Kier alpha value is -1.59. The first kappa shape index (κ1) is 15.8. The highest BCUT2D eigenvalue weighted by Crippen LogP contribution is 2.32. The summed E-state index contributed by atoms with van der Waals surface area (Å²) >= 11 is 7.43. The summed E-state index contributed by atoms with van der Waals surface area (Å²) in [6.45, 7) is 4.73. The first-order chi connectivity index (χ1) is 10.0. The van der Waals surface area contributed by atoms with Gasteiger partial charge in [0, 0.05) is 22.9 Å². The maximum absolute atomic E-state index is 11.4. The molecule has 0 unspecified atom stereocenters. The van der Waals surface area contributed by atoms with Gasteiger partial charge in [-0.3, -0.25) is 10.1 Å². The van der Waals surface area contributed by atoms with Gasteiger partial charge in [-0.05, 0) is 36.9 Å². The standard InChI is InChI=1S/C15H17ClN2O2S/c1-11(2)17(10-13-4-3-7-21-13)14-6-5-12(9-16)8-15(14)18(19)20/h3-8,11H,9-10H2,1-2H3. The molecule has 1 heterocycles. The van der Waals surface area contributed by atoms with Gasteiger partial charge in [-0.15, -0.1) is 22.9 Å². The minimum Gasteiger partial charge on any atom is -0.358 e. The van der Waals surface area contributed by atoms with Crippen molar-refractivity contribution in [1.29, 1.82) is 0 Å². The van der Waals surface area contributed by atoms with Crippen molar-refractivity contribution in [2.45, 2.75) is 32.3 Å². The Morgan fingerprint density at radius 1 is 1.38 bits per heavy atom. The number of nitrogens with zero attached hydrogens (tertiary/aromatic N) is 2. The molecule has 0 fully saturated rings. The van der Waals surface area contributed by atoms with Crippen LogP contribution in [0, 0.1) is 10.1 Å². The third-order valence-electron chi connectivity index (χ3n) is 3.23. The predicted octanol–water partition coefficient (Wildman–Crippen LogP) is 4.81. The second-order valence-corrected chi connectivity index (χ2v) is 6.31. The number of rotatable bonds is 6. The lowest BCUT2D eigenvalue weighted by Crippen LogP contribution is -2.30. The van der Waals surface area contributed by atoms with Gasteiger partial charge in [0.05, 0.1) is 11.5 Å². The number of anilines is 1. The summed E-state index contributed by atoms with van der Waals surface area (Å²) in [5.41, 5.74) is 1.50. The lowest BCUT2D eigenvalue weighted by molar-refractivity contribution is -0.384. The Bertz CT molecular complexity index is 614. The molecule has 112 valence electrons. The fourth-order valence-corrected chi connectivity index (χ4v) is 3.03.